The van der Waals surface area contributed by atoms with E-state index in [0.717, 1.165) is 34.1 Å². The highest BCUT2D eigenvalue weighted by Gasteiger charge is 2.23. The quantitative estimate of drug-likeness (QED) is 0.234. The molecule has 2 aliphatic heterocycles. The Balaban J connectivity index is 0.00000308. The molecule has 0 amide bonds. The number of nitrogens with one attached hydrogen (secondary N) is 1. The van der Waals surface area contributed by atoms with Crippen LogP contribution >= 0.6 is 28.3 Å². The summed E-state index contributed by atoms with van der Waals surface area (Å²) in [5, 5.41) is 1.24. The van der Waals surface area contributed by atoms with Gasteiger partial charge >= 0.3 is 0 Å². The van der Waals surface area contributed by atoms with Gasteiger partial charge in [-0.05, 0) is 72.5 Å². The molecular formula is C29H30BrClN2O6. The fraction of sp³-hybridized carbons (Fsp3) is 0.310. The van der Waals surface area contributed by atoms with Crippen molar-refractivity contribution >= 4 is 39.2 Å². The molecule has 0 fully saturated rings. The van der Waals surface area contributed by atoms with Crippen molar-refractivity contribution in [2.75, 3.05) is 34.4 Å². The first-order chi connectivity index (χ1) is 18.5. The Morgan fingerprint density at radius 1 is 0.846 bits per heavy atom. The van der Waals surface area contributed by atoms with Gasteiger partial charge in [0.25, 0.3) is 0 Å². The molecule has 10 heteroatoms. The number of benzene rings is 3. The second-order valence-corrected chi connectivity index (χ2v) is 10.4. The second kappa shape index (κ2) is 11.5. The number of nitrogens with zero attached hydrogens (tertiary/aromatic N) is 1. The maximum Gasteiger partial charge on any atom is 0.231 e. The minimum atomic E-state index is 0. The molecule has 0 atom stereocenters. The van der Waals surface area contributed by atoms with Crippen molar-refractivity contribution in [2.24, 2.45) is 0 Å². The van der Waals surface area contributed by atoms with Crippen molar-refractivity contribution < 1.29 is 28.4 Å². The summed E-state index contributed by atoms with van der Waals surface area (Å²) in [6.45, 7) is 4.74. The van der Waals surface area contributed by atoms with Crippen LogP contribution in [-0.4, -0.2) is 44.2 Å². The molecule has 6 rings (SSSR count). The number of hydrogen-bond donors (Lipinski definition) is 1. The summed E-state index contributed by atoms with van der Waals surface area (Å²) in [5.74, 6) is 4.09. The van der Waals surface area contributed by atoms with Crippen LogP contribution in [0, 0.1) is 6.92 Å². The normalized spacial score (nSPS) is 13.2. The minimum absolute atomic E-state index is 0. The van der Waals surface area contributed by atoms with Gasteiger partial charge in [0, 0.05) is 40.7 Å². The molecule has 8 nitrogen and oxygen atoms in total. The van der Waals surface area contributed by atoms with Crippen molar-refractivity contribution in [1.82, 2.24) is 9.88 Å². The van der Waals surface area contributed by atoms with Gasteiger partial charge in [-0.15, -0.1) is 12.4 Å². The lowest BCUT2D eigenvalue weighted by atomic mass is 10.1. The molecule has 1 N–H and O–H groups in total. The molecule has 0 spiro atoms. The van der Waals surface area contributed by atoms with E-state index in [9.17, 15) is 0 Å². The molecular weight excluding hydrogens is 588 g/mol. The maximum atomic E-state index is 5.68. The van der Waals surface area contributed by atoms with Gasteiger partial charge in [-0.1, -0.05) is 15.9 Å². The number of methoxy groups -OCH3 is 2. The van der Waals surface area contributed by atoms with E-state index in [1.807, 2.05) is 24.3 Å². The van der Waals surface area contributed by atoms with E-state index in [1.54, 1.807) is 14.2 Å². The average molecular weight is 618 g/mol. The molecule has 0 aliphatic carbocycles. The van der Waals surface area contributed by atoms with Gasteiger partial charge in [-0.3, -0.25) is 4.90 Å². The Labute approximate surface area is 241 Å². The Morgan fingerprint density at radius 2 is 1.44 bits per heavy atom. The number of aryl methyl sites for hydroxylation is 1. The predicted molar refractivity (Wildman–Crippen MR) is 154 cm³/mol. The van der Waals surface area contributed by atoms with Crippen molar-refractivity contribution in [3.63, 3.8) is 0 Å². The van der Waals surface area contributed by atoms with Crippen LogP contribution < -0.4 is 28.4 Å². The van der Waals surface area contributed by atoms with Crippen LogP contribution in [0.2, 0.25) is 0 Å². The van der Waals surface area contributed by atoms with Crippen LogP contribution in [0.4, 0.5) is 0 Å². The molecule has 0 radical (unpaired) electrons. The van der Waals surface area contributed by atoms with Gasteiger partial charge < -0.3 is 33.4 Å². The van der Waals surface area contributed by atoms with Gasteiger partial charge in [0.05, 0.1) is 14.2 Å². The van der Waals surface area contributed by atoms with E-state index in [0.29, 0.717) is 47.6 Å². The molecule has 39 heavy (non-hydrogen) atoms. The van der Waals surface area contributed by atoms with Gasteiger partial charge in [-0.2, -0.15) is 0 Å². The number of rotatable bonds is 9. The summed E-state index contributed by atoms with van der Waals surface area (Å²) in [7, 11) is 3.30. The van der Waals surface area contributed by atoms with Crippen molar-refractivity contribution in [1.29, 1.82) is 0 Å². The smallest absolute Gasteiger partial charge is 0.231 e. The molecule has 1 aromatic heterocycles. The summed E-state index contributed by atoms with van der Waals surface area (Å²) in [4.78, 5) is 5.94. The molecule has 206 valence electrons. The molecule has 0 bridgehead atoms. The Morgan fingerprint density at radius 3 is 2.00 bits per heavy atom. The highest BCUT2D eigenvalue weighted by atomic mass is 79.9. The Bertz CT molecular complexity index is 1440. The minimum Gasteiger partial charge on any atom is -0.493 e. The van der Waals surface area contributed by atoms with Crippen LogP contribution in [-0.2, 0) is 19.5 Å². The largest absolute Gasteiger partial charge is 0.493 e. The highest BCUT2D eigenvalue weighted by Crippen LogP contribution is 2.43. The first kappa shape index (κ1) is 27.3. The molecule has 3 aromatic carbocycles. The number of H-pyrrole nitrogens is 1. The van der Waals surface area contributed by atoms with Gasteiger partial charge in [-0.25, -0.2) is 0 Å². The third kappa shape index (κ3) is 5.44. The predicted octanol–water partition coefficient (Wildman–Crippen LogP) is 6.38. The third-order valence-electron chi connectivity index (χ3n) is 7.01. The second-order valence-electron chi connectivity index (χ2n) is 9.44. The summed E-state index contributed by atoms with van der Waals surface area (Å²) in [5.41, 5.74) is 5.81. The van der Waals surface area contributed by atoms with E-state index in [4.69, 9.17) is 28.4 Å². The monoisotopic (exact) mass is 616 g/mol. The van der Waals surface area contributed by atoms with Crippen LogP contribution in [0.3, 0.4) is 0 Å². The topological polar surface area (TPSA) is 74.4 Å². The number of halogens is 2. The van der Waals surface area contributed by atoms with E-state index in [2.05, 4.69) is 50.9 Å². The highest BCUT2D eigenvalue weighted by molar-refractivity contribution is 9.10. The summed E-state index contributed by atoms with van der Waals surface area (Å²) < 4.78 is 34.8. The molecule has 3 heterocycles. The summed E-state index contributed by atoms with van der Waals surface area (Å²) in [6, 6.07) is 14.5. The van der Waals surface area contributed by atoms with Crippen molar-refractivity contribution in [3.8, 4) is 34.5 Å². The Kier molecular flexibility index (Phi) is 8.02. The SMILES string of the molecule is COc1cc(CN(CCc2c(C)[nH]c3ccc(Br)cc23)Cc2cc(OC)c3c(c2)OCO3)cc2c1OCO2.Cl. The van der Waals surface area contributed by atoms with Crippen molar-refractivity contribution in [3.05, 3.63) is 69.3 Å². The number of fused-ring (bicyclic) bond motifs is 3. The van der Waals surface area contributed by atoms with Crippen LogP contribution in [0.5, 0.6) is 34.5 Å². The van der Waals surface area contributed by atoms with E-state index in [1.165, 1.54) is 16.6 Å². The lowest BCUT2D eigenvalue weighted by molar-refractivity contribution is 0.171. The standard InChI is InChI=1S/C29H29BrN2O6.ClH/c1-17-21(22-12-20(30)4-5-23(22)31-17)6-7-32(13-18-8-24(33-2)28-26(10-18)35-15-37-28)14-19-9-25(34-3)29-27(11-19)36-16-38-29;/h4-5,8-12,31H,6-7,13-16H2,1-3H3;1H. The number of aromatic nitrogens is 1. The van der Waals surface area contributed by atoms with Gasteiger partial charge in [0.2, 0.25) is 25.1 Å². The van der Waals surface area contributed by atoms with Crippen LogP contribution in [0.15, 0.2) is 46.9 Å². The Hall–Kier alpha value is -3.27. The van der Waals surface area contributed by atoms with Crippen LogP contribution in [0.25, 0.3) is 10.9 Å². The zero-order valence-electron chi connectivity index (χ0n) is 22.0. The molecule has 4 aromatic rings. The average Bonchev–Trinajstić information content (AvgIpc) is 3.64. The van der Waals surface area contributed by atoms with Crippen LogP contribution in [0.1, 0.15) is 22.4 Å². The van der Waals surface area contributed by atoms with E-state index in [-0.39, 0.29) is 26.0 Å². The zero-order chi connectivity index (χ0) is 26.2. The fourth-order valence-corrected chi connectivity index (χ4v) is 5.59. The maximum absolute atomic E-state index is 5.68. The summed E-state index contributed by atoms with van der Waals surface area (Å²) >= 11 is 3.63. The lowest BCUT2D eigenvalue weighted by Crippen LogP contribution is -2.25. The molecule has 2 aliphatic rings. The first-order valence-corrected chi connectivity index (χ1v) is 13.2. The number of ether oxygens (including phenoxy) is 6. The van der Waals surface area contributed by atoms with E-state index >= 15 is 0 Å². The molecule has 0 saturated heterocycles. The lowest BCUT2D eigenvalue weighted by Gasteiger charge is -2.24. The zero-order valence-corrected chi connectivity index (χ0v) is 24.4. The molecule has 0 saturated carbocycles. The van der Waals surface area contributed by atoms with Gasteiger partial charge in [0.1, 0.15) is 0 Å². The summed E-state index contributed by atoms with van der Waals surface area (Å²) in [6.07, 6.45) is 0.881. The third-order valence-corrected chi connectivity index (χ3v) is 7.50. The number of hydrogen-bond acceptors (Lipinski definition) is 7. The number of aromatic amines is 1. The fourth-order valence-electron chi connectivity index (χ4n) is 5.23. The van der Waals surface area contributed by atoms with Crippen molar-refractivity contribution in [2.45, 2.75) is 26.4 Å². The van der Waals surface area contributed by atoms with Gasteiger partial charge in [0.15, 0.2) is 23.0 Å². The first-order valence-electron chi connectivity index (χ1n) is 12.4. The molecule has 0 unspecified atom stereocenters. The van der Waals surface area contributed by atoms with E-state index < -0.39 is 0 Å².